The number of ketones is 1. The van der Waals surface area contributed by atoms with Gasteiger partial charge >= 0.3 is 5.97 Å². The molecule has 0 radical (unpaired) electrons. The zero-order valence-corrected chi connectivity index (χ0v) is 9.24. The average molecular weight is 209 g/mol. The topological polar surface area (TPSA) is 67.2 Å². The van der Waals surface area contributed by atoms with E-state index in [2.05, 4.69) is 0 Å². The van der Waals surface area contributed by atoms with E-state index in [9.17, 15) is 9.59 Å². The third kappa shape index (κ3) is 2.35. The number of nitriles is 1. The second-order valence-electron chi connectivity index (χ2n) is 4.48. The van der Waals surface area contributed by atoms with Gasteiger partial charge in [-0.3, -0.25) is 4.79 Å². The first kappa shape index (κ1) is 11.7. The predicted molar refractivity (Wildman–Crippen MR) is 52.7 cm³/mol. The lowest BCUT2D eigenvalue weighted by molar-refractivity contribution is -0.147. The van der Waals surface area contributed by atoms with Gasteiger partial charge in [0, 0.05) is 12.3 Å². The lowest BCUT2D eigenvalue weighted by atomic mass is 9.80. The van der Waals surface area contributed by atoms with Gasteiger partial charge in [-0.1, -0.05) is 0 Å². The van der Waals surface area contributed by atoms with Gasteiger partial charge in [0.1, 0.15) is 11.4 Å². The molecule has 0 N–H and O–H groups in total. The molecular formula is C11H15NO3. The molecule has 0 saturated carbocycles. The van der Waals surface area contributed by atoms with Gasteiger partial charge in [0.15, 0.2) is 5.92 Å². The number of hydrogen-bond donors (Lipinski definition) is 0. The van der Waals surface area contributed by atoms with Gasteiger partial charge in [-0.05, 0) is 27.2 Å². The van der Waals surface area contributed by atoms with E-state index in [0.717, 1.165) is 0 Å². The van der Waals surface area contributed by atoms with Crippen molar-refractivity contribution in [2.75, 3.05) is 0 Å². The van der Waals surface area contributed by atoms with Crippen LogP contribution in [0.2, 0.25) is 0 Å². The minimum absolute atomic E-state index is 0.0711. The Kier molecular flexibility index (Phi) is 3.13. The summed E-state index contributed by atoms with van der Waals surface area (Å²) in [6.07, 6.45) is 0.926. The van der Waals surface area contributed by atoms with E-state index in [1.165, 1.54) is 6.92 Å². The Balaban J connectivity index is 2.78. The van der Waals surface area contributed by atoms with Gasteiger partial charge < -0.3 is 9.53 Å². The molecule has 0 aromatic carbocycles. The number of carbonyl (C=O) groups excluding carboxylic acids is 2. The lowest BCUT2D eigenvalue weighted by Gasteiger charge is -2.24. The molecular weight excluding hydrogens is 194 g/mol. The molecule has 1 fully saturated rings. The molecule has 0 bridgehead atoms. The third-order valence-corrected chi connectivity index (χ3v) is 2.86. The number of rotatable bonds is 3. The highest BCUT2D eigenvalue weighted by atomic mass is 16.6. The number of hydrogen-bond acceptors (Lipinski definition) is 4. The normalized spacial score (nSPS) is 28.3. The molecule has 2 atom stereocenters. The maximum Gasteiger partial charge on any atom is 0.324 e. The lowest BCUT2D eigenvalue weighted by Crippen LogP contribution is -2.30. The van der Waals surface area contributed by atoms with Crippen molar-refractivity contribution in [1.29, 1.82) is 5.26 Å². The molecule has 1 aliphatic heterocycles. The third-order valence-electron chi connectivity index (χ3n) is 2.86. The van der Waals surface area contributed by atoms with Crippen molar-refractivity contribution >= 4 is 11.8 Å². The fourth-order valence-electron chi connectivity index (χ4n) is 1.98. The molecule has 4 nitrogen and oxygen atoms in total. The van der Waals surface area contributed by atoms with E-state index in [4.69, 9.17) is 10.00 Å². The summed E-state index contributed by atoms with van der Waals surface area (Å²) in [7, 11) is 0. The quantitative estimate of drug-likeness (QED) is 0.660. The Hall–Kier alpha value is -1.37. The number of esters is 1. The number of cyclic esters (lactones) is 1. The monoisotopic (exact) mass is 209 g/mol. The molecule has 0 aromatic rings. The molecule has 1 heterocycles. The minimum atomic E-state index is -0.723. The maximum atomic E-state index is 11.3. The Bertz CT molecular complexity index is 327. The molecule has 0 amide bonds. The Morgan fingerprint density at radius 1 is 1.60 bits per heavy atom. The van der Waals surface area contributed by atoms with Crippen molar-refractivity contribution in [2.24, 2.45) is 11.8 Å². The summed E-state index contributed by atoms with van der Waals surface area (Å²) in [5.74, 6) is -1.30. The van der Waals surface area contributed by atoms with Crippen molar-refractivity contribution < 1.29 is 14.3 Å². The fraction of sp³-hybridized carbons (Fsp3) is 0.727. The summed E-state index contributed by atoms with van der Waals surface area (Å²) >= 11 is 0. The van der Waals surface area contributed by atoms with Crippen LogP contribution in [0.1, 0.15) is 33.6 Å². The highest BCUT2D eigenvalue weighted by molar-refractivity contribution is 5.79. The summed E-state index contributed by atoms with van der Waals surface area (Å²) in [5, 5.41) is 8.87. The van der Waals surface area contributed by atoms with Crippen LogP contribution in [0.4, 0.5) is 0 Å². The molecule has 4 heteroatoms. The van der Waals surface area contributed by atoms with Crippen LogP contribution >= 0.6 is 0 Å². The number of carbonyl (C=O) groups is 2. The van der Waals surface area contributed by atoms with E-state index >= 15 is 0 Å². The molecule has 0 unspecified atom stereocenters. The van der Waals surface area contributed by atoms with Crippen LogP contribution in [0, 0.1) is 23.2 Å². The zero-order valence-electron chi connectivity index (χ0n) is 9.24. The maximum absolute atomic E-state index is 11.3. The van der Waals surface area contributed by atoms with Crippen LogP contribution in [0.5, 0.6) is 0 Å². The van der Waals surface area contributed by atoms with Crippen LogP contribution in [0.3, 0.4) is 0 Å². The number of Topliss-reactive ketones (excluding diaryl/α,β-unsaturated/α-hetero) is 1. The van der Waals surface area contributed by atoms with E-state index in [1.807, 2.05) is 6.07 Å². The first-order valence-corrected chi connectivity index (χ1v) is 5.00. The SMILES string of the molecule is CC(=O)CC[C@@H]1[C@@H](C#N)C(=O)OC1(C)C. The van der Waals surface area contributed by atoms with Crippen LogP contribution < -0.4 is 0 Å². The van der Waals surface area contributed by atoms with E-state index in [0.29, 0.717) is 12.8 Å². The molecule has 1 aliphatic rings. The Labute approximate surface area is 89.2 Å². The second kappa shape index (κ2) is 4.01. The van der Waals surface area contributed by atoms with E-state index in [-0.39, 0.29) is 11.7 Å². The molecule has 15 heavy (non-hydrogen) atoms. The van der Waals surface area contributed by atoms with Crippen LogP contribution in [-0.2, 0) is 14.3 Å². The van der Waals surface area contributed by atoms with Gasteiger partial charge in [0.25, 0.3) is 0 Å². The fourth-order valence-corrected chi connectivity index (χ4v) is 1.98. The molecule has 0 aliphatic carbocycles. The second-order valence-corrected chi connectivity index (χ2v) is 4.48. The summed E-state index contributed by atoms with van der Waals surface area (Å²) in [6.45, 7) is 5.08. The number of ether oxygens (including phenoxy) is 1. The summed E-state index contributed by atoms with van der Waals surface area (Å²) < 4.78 is 5.12. The molecule has 82 valence electrons. The first-order valence-electron chi connectivity index (χ1n) is 5.00. The smallest absolute Gasteiger partial charge is 0.324 e. The van der Waals surface area contributed by atoms with E-state index < -0.39 is 17.5 Å². The van der Waals surface area contributed by atoms with Crippen molar-refractivity contribution in [3.8, 4) is 6.07 Å². The Morgan fingerprint density at radius 3 is 2.67 bits per heavy atom. The number of nitrogens with zero attached hydrogens (tertiary/aromatic N) is 1. The average Bonchev–Trinajstić information content (AvgIpc) is 2.31. The zero-order chi connectivity index (χ0) is 11.6. The molecule has 1 rings (SSSR count). The van der Waals surface area contributed by atoms with Gasteiger partial charge in [-0.25, -0.2) is 0 Å². The highest BCUT2D eigenvalue weighted by Gasteiger charge is 2.49. The molecule has 0 spiro atoms. The highest BCUT2D eigenvalue weighted by Crippen LogP contribution is 2.39. The van der Waals surface area contributed by atoms with Gasteiger partial charge in [0.05, 0.1) is 6.07 Å². The van der Waals surface area contributed by atoms with Crippen LogP contribution in [-0.4, -0.2) is 17.4 Å². The van der Waals surface area contributed by atoms with Crippen molar-refractivity contribution in [3.63, 3.8) is 0 Å². The van der Waals surface area contributed by atoms with E-state index in [1.54, 1.807) is 13.8 Å². The summed E-state index contributed by atoms with van der Waals surface area (Å²) in [5.41, 5.74) is -0.632. The van der Waals surface area contributed by atoms with Crippen molar-refractivity contribution in [2.45, 2.75) is 39.2 Å². The molecule has 1 saturated heterocycles. The standard InChI is InChI=1S/C11H15NO3/c1-7(13)4-5-9-8(6-12)10(14)15-11(9,2)3/h8-9H,4-5H2,1-3H3/t8-,9-/m1/s1. The minimum Gasteiger partial charge on any atom is -0.458 e. The first-order chi connectivity index (χ1) is 6.88. The van der Waals surface area contributed by atoms with Gasteiger partial charge in [0.2, 0.25) is 0 Å². The molecule has 0 aromatic heterocycles. The summed E-state index contributed by atoms with van der Waals surface area (Å²) in [4.78, 5) is 22.2. The van der Waals surface area contributed by atoms with Crippen LogP contribution in [0.15, 0.2) is 0 Å². The largest absolute Gasteiger partial charge is 0.458 e. The van der Waals surface area contributed by atoms with Crippen LogP contribution in [0.25, 0.3) is 0 Å². The van der Waals surface area contributed by atoms with Gasteiger partial charge in [-0.2, -0.15) is 5.26 Å². The summed E-state index contributed by atoms with van der Waals surface area (Å²) in [6, 6.07) is 1.96. The van der Waals surface area contributed by atoms with Gasteiger partial charge in [-0.15, -0.1) is 0 Å². The Morgan fingerprint density at radius 2 is 2.20 bits per heavy atom. The predicted octanol–water partition coefficient (Wildman–Crippen LogP) is 1.45. The van der Waals surface area contributed by atoms with Crippen molar-refractivity contribution in [1.82, 2.24) is 0 Å². The van der Waals surface area contributed by atoms with Crippen molar-refractivity contribution in [3.05, 3.63) is 0 Å².